The molecule has 40 heavy (non-hydrogen) atoms. The van der Waals surface area contributed by atoms with Gasteiger partial charge in [0.1, 0.15) is 11.1 Å². The van der Waals surface area contributed by atoms with Crippen molar-refractivity contribution in [2.75, 3.05) is 0 Å². The fourth-order valence-electron chi connectivity index (χ4n) is 5.75. The van der Waals surface area contributed by atoms with Gasteiger partial charge < -0.3 is 10.2 Å². The molecule has 12 nitrogen and oxygen atoms in total. The molecule has 0 atom stereocenters. The Morgan fingerprint density at radius 1 is 0.600 bits per heavy atom. The van der Waals surface area contributed by atoms with Crippen molar-refractivity contribution in [1.82, 2.24) is 9.44 Å². The van der Waals surface area contributed by atoms with Crippen LogP contribution in [0.3, 0.4) is 0 Å². The third kappa shape index (κ3) is 4.54. The average Bonchev–Trinajstić information content (AvgIpc) is 3.57. The second-order valence-corrected chi connectivity index (χ2v) is 13.8. The van der Waals surface area contributed by atoms with Gasteiger partial charge in [0.15, 0.2) is 11.6 Å². The quantitative estimate of drug-likeness (QED) is 0.300. The normalized spacial score (nSPS) is 19.7. The number of aliphatic carboxylic acids is 2. The number of sulfonamides is 2. The number of benzene rings is 2. The summed E-state index contributed by atoms with van der Waals surface area (Å²) in [6.45, 7) is 0. The molecule has 0 saturated heterocycles. The number of rotatable bonds is 8. The Hall–Kier alpha value is -3.46. The molecule has 4 N–H and O–H groups in total. The van der Waals surface area contributed by atoms with Gasteiger partial charge in [0.2, 0.25) is 20.0 Å². The van der Waals surface area contributed by atoms with Crippen molar-refractivity contribution in [2.24, 2.45) is 0 Å². The Balaban J connectivity index is 1.50. The molecular weight excluding hydrogens is 564 g/mol. The number of ketones is 2. The van der Waals surface area contributed by atoms with Gasteiger partial charge in [-0.2, -0.15) is 9.44 Å². The van der Waals surface area contributed by atoms with Crippen LogP contribution in [0.15, 0.2) is 46.2 Å². The zero-order valence-corrected chi connectivity index (χ0v) is 22.7. The van der Waals surface area contributed by atoms with E-state index in [2.05, 4.69) is 9.44 Å². The van der Waals surface area contributed by atoms with E-state index in [4.69, 9.17) is 0 Å². The van der Waals surface area contributed by atoms with Crippen LogP contribution in [0.2, 0.25) is 0 Å². The summed E-state index contributed by atoms with van der Waals surface area (Å²) in [6, 6.07) is 6.50. The van der Waals surface area contributed by atoms with E-state index in [-0.39, 0.29) is 47.9 Å². The predicted octanol–water partition coefficient (Wildman–Crippen LogP) is 1.81. The first kappa shape index (κ1) is 28.1. The van der Waals surface area contributed by atoms with Crippen LogP contribution in [0.4, 0.5) is 0 Å². The smallest absolute Gasteiger partial charge is 0.324 e. The topological polar surface area (TPSA) is 201 Å². The van der Waals surface area contributed by atoms with E-state index in [1.54, 1.807) is 0 Å². The summed E-state index contributed by atoms with van der Waals surface area (Å²) in [4.78, 5) is 49.5. The number of carbonyl (C=O) groups excluding carboxylic acids is 2. The maximum Gasteiger partial charge on any atom is 0.324 e. The van der Waals surface area contributed by atoms with E-state index >= 15 is 0 Å². The second kappa shape index (κ2) is 9.58. The van der Waals surface area contributed by atoms with Crippen LogP contribution in [-0.4, -0.2) is 61.6 Å². The molecule has 0 heterocycles. The van der Waals surface area contributed by atoms with Gasteiger partial charge in [-0.3, -0.25) is 19.2 Å². The molecule has 212 valence electrons. The molecule has 0 unspecified atom stereocenters. The van der Waals surface area contributed by atoms with E-state index in [1.807, 2.05) is 0 Å². The predicted molar refractivity (Wildman–Crippen MR) is 138 cm³/mol. The van der Waals surface area contributed by atoms with Crippen molar-refractivity contribution in [3.05, 3.63) is 58.7 Å². The zero-order chi connectivity index (χ0) is 29.1. The summed E-state index contributed by atoms with van der Waals surface area (Å²) < 4.78 is 57.1. The van der Waals surface area contributed by atoms with Gasteiger partial charge in [-0.25, -0.2) is 16.8 Å². The molecule has 0 bridgehead atoms. The van der Waals surface area contributed by atoms with Crippen molar-refractivity contribution < 1.29 is 46.2 Å². The van der Waals surface area contributed by atoms with E-state index in [1.165, 1.54) is 0 Å². The largest absolute Gasteiger partial charge is 0.480 e. The summed E-state index contributed by atoms with van der Waals surface area (Å²) >= 11 is 0. The van der Waals surface area contributed by atoms with E-state index < -0.39 is 64.4 Å². The first-order chi connectivity index (χ1) is 18.7. The second-order valence-electron chi connectivity index (χ2n) is 10.5. The minimum atomic E-state index is -4.41. The summed E-state index contributed by atoms with van der Waals surface area (Å²) in [5.74, 6) is -4.05. The van der Waals surface area contributed by atoms with Crippen molar-refractivity contribution in [3.8, 4) is 0 Å². The van der Waals surface area contributed by atoms with Crippen LogP contribution >= 0.6 is 0 Å². The van der Waals surface area contributed by atoms with Crippen LogP contribution in [-0.2, 0) is 29.6 Å². The highest BCUT2D eigenvalue weighted by atomic mass is 32.2. The first-order valence-corrected chi connectivity index (χ1v) is 15.6. The number of hydrogen-bond donors (Lipinski definition) is 4. The Morgan fingerprint density at radius 2 is 0.925 bits per heavy atom. The molecule has 2 saturated carbocycles. The van der Waals surface area contributed by atoms with Gasteiger partial charge in [-0.15, -0.1) is 0 Å². The number of fused-ring (bicyclic) bond motifs is 2. The standard InChI is InChI=1S/C26H26N2O10S2/c29-21-17-7-5-15(39(35,36)27-25(23(31)32)9-1-2-10-25)13-19(17)22(30)20-14-16(6-8-18(20)21)40(37,38)28-26(24(33)34)11-3-4-12-26/h5-8,13-14,27-28H,1-4,9-12H2,(H,31,32)(H,33,34). The van der Waals surface area contributed by atoms with Crippen LogP contribution in [0.5, 0.6) is 0 Å². The summed E-state index contributed by atoms with van der Waals surface area (Å²) in [6.07, 6.45) is 2.51. The number of nitrogens with one attached hydrogen (secondary N) is 2. The SMILES string of the molecule is O=C1c2ccc(S(=O)(=O)NC3(C(=O)O)CCCC3)cc2C(=O)c2cc(S(=O)(=O)NC3(C(=O)O)CCCC3)ccc21. The lowest BCUT2D eigenvalue weighted by atomic mass is 9.84. The van der Waals surface area contributed by atoms with Crippen molar-refractivity contribution in [2.45, 2.75) is 72.2 Å². The Morgan fingerprint density at radius 3 is 1.25 bits per heavy atom. The van der Waals surface area contributed by atoms with Gasteiger partial charge >= 0.3 is 11.9 Å². The minimum Gasteiger partial charge on any atom is -0.480 e. The van der Waals surface area contributed by atoms with Gasteiger partial charge in [0.25, 0.3) is 0 Å². The summed E-state index contributed by atoms with van der Waals surface area (Å²) in [5, 5.41) is 19.3. The number of carboxylic acids is 2. The van der Waals surface area contributed by atoms with Gasteiger partial charge in [0.05, 0.1) is 9.79 Å². The molecule has 5 rings (SSSR count). The summed E-state index contributed by atoms with van der Waals surface area (Å²) in [5.41, 5.74) is -4.09. The highest BCUT2D eigenvalue weighted by Crippen LogP contribution is 2.35. The lowest BCUT2D eigenvalue weighted by Gasteiger charge is -2.26. The maximum absolute atomic E-state index is 13.5. The van der Waals surface area contributed by atoms with Crippen LogP contribution < -0.4 is 9.44 Å². The van der Waals surface area contributed by atoms with Crippen LogP contribution in [0.25, 0.3) is 0 Å². The van der Waals surface area contributed by atoms with Crippen LogP contribution in [0, 0.1) is 0 Å². The van der Waals surface area contributed by atoms with Crippen molar-refractivity contribution in [3.63, 3.8) is 0 Å². The van der Waals surface area contributed by atoms with Crippen molar-refractivity contribution >= 4 is 43.6 Å². The monoisotopic (exact) mass is 590 g/mol. The summed E-state index contributed by atoms with van der Waals surface area (Å²) in [7, 11) is -8.83. The first-order valence-electron chi connectivity index (χ1n) is 12.6. The Kier molecular flexibility index (Phi) is 6.72. The molecule has 0 aliphatic heterocycles. The Bertz CT molecular complexity index is 1560. The molecule has 0 spiro atoms. The molecule has 0 aromatic heterocycles. The van der Waals surface area contributed by atoms with Crippen LogP contribution in [0.1, 0.15) is 83.2 Å². The highest BCUT2D eigenvalue weighted by Gasteiger charge is 2.46. The molecule has 3 aliphatic rings. The average molecular weight is 591 g/mol. The molecule has 2 aromatic carbocycles. The van der Waals surface area contributed by atoms with E-state index in [0.717, 1.165) is 36.4 Å². The highest BCUT2D eigenvalue weighted by molar-refractivity contribution is 7.89. The number of hydrogen-bond acceptors (Lipinski definition) is 8. The molecule has 3 aliphatic carbocycles. The lowest BCUT2D eigenvalue weighted by Crippen LogP contribution is -2.52. The maximum atomic E-state index is 13.5. The Labute approximate surface area is 229 Å². The van der Waals surface area contributed by atoms with E-state index in [0.29, 0.717) is 25.7 Å². The molecule has 0 amide bonds. The van der Waals surface area contributed by atoms with Crippen molar-refractivity contribution in [1.29, 1.82) is 0 Å². The molecule has 0 radical (unpaired) electrons. The van der Waals surface area contributed by atoms with E-state index in [9.17, 15) is 46.2 Å². The number of carboxylic acid groups (broad SMARTS) is 2. The molecule has 2 fully saturated rings. The molecular formula is C26H26N2O10S2. The number of carbonyl (C=O) groups is 4. The van der Waals surface area contributed by atoms with Gasteiger partial charge in [0, 0.05) is 22.3 Å². The van der Waals surface area contributed by atoms with Gasteiger partial charge in [-0.05, 0) is 62.1 Å². The third-order valence-corrected chi connectivity index (χ3v) is 11.0. The van der Waals surface area contributed by atoms with Gasteiger partial charge in [-0.1, -0.05) is 25.7 Å². The molecule has 2 aromatic rings. The fourth-order valence-corrected chi connectivity index (χ4v) is 8.64. The lowest BCUT2D eigenvalue weighted by molar-refractivity contribution is -0.144. The zero-order valence-electron chi connectivity index (χ0n) is 21.1. The minimum absolute atomic E-state index is 0.0882. The fraction of sp³-hybridized carbons (Fsp3) is 0.385. The molecule has 14 heteroatoms. The third-order valence-electron chi connectivity index (χ3n) is 7.97.